The largest absolute Gasteiger partial charge is 0.382 e. The lowest BCUT2D eigenvalue weighted by molar-refractivity contribution is 0.0555. The van der Waals surface area contributed by atoms with E-state index in [1.807, 2.05) is 0 Å². The van der Waals surface area contributed by atoms with E-state index in [-0.39, 0.29) is 6.10 Å². The van der Waals surface area contributed by atoms with Gasteiger partial charge in [0.05, 0.1) is 12.7 Å². The monoisotopic (exact) mass is 103 g/mol. The van der Waals surface area contributed by atoms with Crippen molar-refractivity contribution in [2.24, 2.45) is 0 Å². The lowest BCUT2D eigenvalue weighted by atomic mass is 10.4. The summed E-state index contributed by atoms with van der Waals surface area (Å²) in [5, 5.41) is 0. The van der Waals surface area contributed by atoms with Crippen molar-refractivity contribution in [2.75, 3.05) is 20.8 Å². The van der Waals surface area contributed by atoms with Crippen molar-refractivity contribution in [2.45, 2.75) is 6.10 Å². The van der Waals surface area contributed by atoms with E-state index in [4.69, 9.17) is 9.47 Å². The number of ether oxygens (including phenoxy) is 2. The molecule has 0 heterocycles. The second-order valence-electron chi connectivity index (χ2n) is 1.31. The first kappa shape index (κ1) is 6.92. The zero-order chi connectivity index (χ0) is 5.70. The number of rotatable bonds is 3. The van der Waals surface area contributed by atoms with Gasteiger partial charge < -0.3 is 9.47 Å². The Morgan fingerprint density at radius 3 is 2.29 bits per heavy atom. The summed E-state index contributed by atoms with van der Waals surface area (Å²) in [5.41, 5.74) is 0. The van der Waals surface area contributed by atoms with Gasteiger partial charge in [-0.15, -0.1) is 0 Å². The van der Waals surface area contributed by atoms with Gasteiger partial charge in [-0.2, -0.15) is 0 Å². The van der Waals surface area contributed by atoms with Crippen LogP contribution in [0.5, 0.6) is 0 Å². The van der Waals surface area contributed by atoms with E-state index >= 15 is 0 Å². The third-order valence-electron chi connectivity index (χ3n) is 0.686. The van der Waals surface area contributed by atoms with Crippen LogP contribution in [0.15, 0.2) is 0 Å². The highest BCUT2D eigenvalue weighted by Crippen LogP contribution is 1.83. The van der Waals surface area contributed by atoms with Gasteiger partial charge in [-0.25, -0.2) is 0 Å². The SMILES string of the molecule is [CH2][C@H](COC)OC. The van der Waals surface area contributed by atoms with Crippen LogP contribution in [0.25, 0.3) is 0 Å². The first-order chi connectivity index (χ1) is 3.31. The summed E-state index contributed by atoms with van der Waals surface area (Å²) in [6.07, 6.45) is -0.0231. The Hall–Kier alpha value is -0.0800. The van der Waals surface area contributed by atoms with Crippen LogP contribution < -0.4 is 0 Å². The highest BCUT2D eigenvalue weighted by molar-refractivity contribution is 4.54. The Morgan fingerprint density at radius 1 is 1.57 bits per heavy atom. The van der Waals surface area contributed by atoms with E-state index in [1.54, 1.807) is 14.2 Å². The third kappa shape index (κ3) is 3.76. The van der Waals surface area contributed by atoms with Gasteiger partial charge in [0, 0.05) is 14.2 Å². The molecule has 0 fully saturated rings. The van der Waals surface area contributed by atoms with Gasteiger partial charge in [0.25, 0.3) is 0 Å². The second kappa shape index (κ2) is 4.09. The molecule has 2 heteroatoms. The lowest BCUT2D eigenvalue weighted by Gasteiger charge is -2.04. The predicted octanol–water partition coefficient (Wildman–Crippen LogP) is 0.482. The quantitative estimate of drug-likeness (QED) is 0.517. The van der Waals surface area contributed by atoms with Crippen LogP contribution in [0, 0.1) is 6.92 Å². The standard InChI is InChI=1S/C5H11O2/c1-5(7-3)4-6-2/h5H,1,4H2,2-3H3/t5-/m1/s1. The third-order valence-corrected chi connectivity index (χ3v) is 0.686. The van der Waals surface area contributed by atoms with Crippen molar-refractivity contribution in [3.63, 3.8) is 0 Å². The summed E-state index contributed by atoms with van der Waals surface area (Å²) in [6.45, 7) is 4.16. The molecule has 0 saturated heterocycles. The molecule has 7 heavy (non-hydrogen) atoms. The zero-order valence-electron chi connectivity index (χ0n) is 4.81. The van der Waals surface area contributed by atoms with Crippen LogP contribution in [0.4, 0.5) is 0 Å². The summed E-state index contributed by atoms with van der Waals surface area (Å²) in [7, 11) is 3.23. The van der Waals surface area contributed by atoms with E-state index in [0.29, 0.717) is 6.61 Å². The van der Waals surface area contributed by atoms with E-state index in [2.05, 4.69) is 6.92 Å². The minimum Gasteiger partial charge on any atom is -0.382 e. The minimum atomic E-state index is -0.0231. The fourth-order valence-electron chi connectivity index (χ4n) is 0.254. The Morgan fingerprint density at radius 2 is 2.14 bits per heavy atom. The maximum atomic E-state index is 4.75. The molecule has 0 unspecified atom stereocenters. The van der Waals surface area contributed by atoms with E-state index in [1.165, 1.54) is 0 Å². The van der Waals surface area contributed by atoms with Gasteiger partial charge in [-0.3, -0.25) is 0 Å². The van der Waals surface area contributed by atoms with Crippen LogP contribution in [0.2, 0.25) is 0 Å². The molecule has 1 atom stereocenters. The molecule has 0 saturated carbocycles. The summed E-state index contributed by atoms with van der Waals surface area (Å²) in [4.78, 5) is 0. The Labute approximate surface area is 44.4 Å². The van der Waals surface area contributed by atoms with Gasteiger partial charge in [-0.05, 0) is 6.92 Å². The van der Waals surface area contributed by atoms with Gasteiger partial charge in [0.1, 0.15) is 0 Å². The van der Waals surface area contributed by atoms with Gasteiger partial charge in [0.2, 0.25) is 0 Å². The van der Waals surface area contributed by atoms with E-state index in [9.17, 15) is 0 Å². The van der Waals surface area contributed by atoms with E-state index < -0.39 is 0 Å². The smallest absolute Gasteiger partial charge is 0.0805 e. The van der Waals surface area contributed by atoms with Gasteiger partial charge >= 0.3 is 0 Å². The number of hydrogen-bond acceptors (Lipinski definition) is 2. The fourth-order valence-corrected chi connectivity index (χ4v) is 0.254. The van der Waals surface area contributed by atoms with E-state index in [0.717, 1.165) is 0 Å². The molecule has 0 aromatic carbocycles. The van der Waals surface area contributed by atoms with Crippen LogP contribution in [-0.2, 0) is 9.47 Å². The molecule has 0 rings (SSSR count). The average molecular weight is 103 g/mol. The molecule has 43 valence electrons. The maximum absolute atomic E-state index is 4.75. The van der Waals surface area contributed by atoms with Gasteiger partial charge in [-0.1, -0.05) is 0 Å². The molecule has 1 radical (unpaired) electrons. The minimum absolute atomic E-state index is 0.0231. The molecule has 0 aliphatic carbocycles. The summed E-state index contributed by atoms with van der Waals surface area (Å²) in [5.74, 6) is 0. The maximum Gasteiger partial charge on any atom is 0.0805 e. The zero-order valence-corrected chi connectivity index (χ0v) is 4.81. The Balaban J connectivity index is 2.83. The molecule has 0 aliphatic rings. The van der Waals surface area contributed by atoms with Crippen molar-refractivity contribution in [1.29, 1.82) is 0 Å². The van der Waals surface area contributed by atoms with Crippen molar-refractivity contribution in [1.82, 2.24) is 0 Å². The molecular formula is C5H11O2. The highest BCUT2D eigenvalue weighted by atomic mass is 16.5. The van der Waals surface area contributed by atoms with Crippen LogP contribution in [0.3, 0.4) is 0 Å². The number of methoxy groups -OCH3 is 2. The average Bonchev–Trinajstić information content (AvgIpc) is 1.68. The molecular weight excluding hydrogens is 92.1 g/mol. The molecule has 0 N–H and O–H groups in total. The lowest BCUT2D eigenvalue weighted by Crippen LogP contribution is -2.11. The second-order valence-corrected chi connectivity index (χ2v) is 1.31. The van der Waals surface area contributed by atoms with Gasteiger partial charge in [0.15, 0.2) is 0 Å². The first-order valence-electron chi connectivity index (χ1n) is 2.16. The highest BCUT2D eigenvalue weighted by Gasteiger charge is 1.93. The van der Waals surface area contributed by atoms with Crippen LogP contribution >= 0.6 is 0 Å². The molecule has 0 spiro atoms. The molecule has 2 nitrogen and oxygen atoms in total. The van der Waals surface area contributed by atoms with Crippen molar-refractivity contribution >= 4 is 0 Å². The van der Waals surface area contributed by atoms with Crippen LogP contribution in [-0.4, -0.2) is 26.9 Å². The molecule has 0 bridgehead atoms. The number of hydrogen-bond donors (Lipinski definition) is 0. The van der Waals surface area contributed by atoms with Crippen molar-refractivity contribution in [3.8, 4) is 0 Å². The predicted molar refractivity (Wildman–Crippen MR) is 28.0 cm³/mol. The molecule has 0 aromatic heterocycles. The van der Waals surface area contributed by atoms with Crippen LogP contribution in [0.1, 0.15) is 0 Å². The topological polar surface area (TPSA) is 18.5 Å². The molecule has 0 amide bonds. The molecule has 0 aliphatic heterocycles. The van der Waals surface area contributed by atoms with Crippen molar-refractivity contribution in [3.05, 3.63) is 6.92 Å². The molecule has 0 aromatic rings. The Kier molecular flexibility index (Phi) is 4.04. The normalized spacial score (nSPS) is 14.1. The fraction of sp³-hybridized carbons (Fsp3) is 0.800. The van der Waals surface area contributed by atoms with Crippen molar-refractivity contribution < 1.29 is 9.47 Å². The summed E-state index contributed by atoms with van der Waals surface area (Å²) >= 11 is 0. The Bertz CT molecular complexity index is 37.1. The summed E-state index contributed by atoms with van der Waals surface area (Å²) < 4.78 is 9.46. The summed E-state index contributed by atoms with van der Waals surface area (Å²) in [6, 6.07) is 0. The first-order valence-corrected chi connectivity index (χ1v) is 2.16.